The molecule has 0 heterocycles. The first-order valence-corrected chi connectivity index (χ1v) is 7.10. The largest absolute Gasteiger partial charge is 0.433 e. The highest BCUT2D eigenvalue weighted by Crippen LogP contribution is 2.33. The van der Waals surface area contributed by atoms with Gasteiger partial charge in [-0.05, 0) is 18.6 Å². The summed E-state index contributed by atoms with van der Waals surface area (Å²) in [6.07, 6.45) is 0.934. The summed E-state index contributed by atoms with van der Waals surface area (Å²) < 4.78 is 29.3. The molecule has 1 aromatic rings. The van der Waals surface area contributed by atoms with E-state index in [4.69, 9.17) is 23.2 Å². The van der Waals surface area contributed by atoms with Gasteiger partial charge in [-0.2, -0.15) is 8.78 Å². The Morgan fingerprint density at radius 1 is 1.32 bits per heavy atom. The first-order chi connectivity index (χ1) is 9.97. The fourth-order valence-electron chi connectivity index (χ4n) is 1.61. The third kappa shape index (κ3) is 7.15. The van der Waals surface area contributed by atoms with Crippen molar-refractivity contribution in [3.8, 4) is 5.75 Å². The number of nitrogens with one attached hydrogen (secondary N) is 2. The zero-order valence-electron chi connectivity index (χ0n) is 12.1. The SMILES string of the molecule is CCCNC(=NC)NCc1cc(Cl)cc(Cl)c1OC(F)F.I. The number of aliphatic imine (C=N–C) groups is 1. The van der Waals surface area contributed by atoms with Crippen molar-refractivity contribution in [1.29, 1.82) is 0 Å². The molecule has 22 heavy (non-hydrogen) atoms. The smallest absolute Gasteiger partial charge is 0.387 e. The Kier molecular flexibility index (Phi) is 10.8. The average molecular weight is 468 g/mol. The fraction of sp³-hybridized carbons (Fsp3) is 0.462. The normalized spacial score (nSPS) is 11.1. The van der Waals surface area contributed by atoms with Crippen LogP contribution in [-0.4, -0.2) is 26.2 Å². The summed E-state index contributed by atoms with van der Waals surface area (Å²) in [6.45, 7) is 0.00759. The molecule has 0 spiro atoms. The van der Waals surface area contributed by atoms with Gasteiger partial charge in [-0.3, -0.25) is 4.99 Å². The van der Waals surface area contributed by atoms with E-state index >= 15 is 0 Å². The Morgan fingerprint density at radius 2 is 2.00 bits per heavy atom. The molecule has 0 aromatic heterocycles. The topological polar surface area (TPSA) is 45.7 Å². The molecule has 9 heteroatoms. The summed E-state index contributed by atoms with van der Waals surface area (Å²) in [4.78, 5) is 4.02. The molecule has 1 aromatic carbocycles. The highest BCUT2D eigenvalue weighted by molar-refractivity contribution is 14.0. The number of hydrogen-bond donors (Lipinski definition) is 2. The van der Waals surface area contributed by atoms with Crippen molar-refractivity contribution in [2.24, 2.45) is 4.99 Å². The molecule has 0 radical (unpaired) electrons. The standard InChI is InChI=1S/C13H17Cl2F2N3O.HI/c1-3-4-19-13(18-2)20-7-8-5-9(14)6-10(15)11(8)21-12(16)17;/h5-6,12H,3-4,7H2,1-2H3,(H2,18,19,20);1H. The van der Waals surface area contributed by atoms with Crippen LogP contribution in [0.4, 0.5) is 8.78 Å². The zero-order valence-corrected chi connectivity index (χ0v) is 16.0. The van der Waals surface area contributed by atoms with E-state index in [-0.39, 0.29) is 41.3 Å². The average Bonchev–Trinajstić information content (AvgIpc) is 2.42. The molecule has 0 saturated heterocycles. The number of ether oxygens (including phenoxy) is 1. The Balaban J connectivity index is 0.00000441. The van der Waals surface area contributed by atoms with Crippen LogP contribution in [0.2, 0.25) is 10.0 Å². The van der Waals surface area contributed by atoms with E-state index in [1.165, 1.54) is 12.1 Å². The predicted octanol–water partition coefficient (Wildman–Crippen LogP) is 4.29. The maximum absolute atomic E-state index is 12.4. The van der Waals surface area contributed by atoms with Crippen LogP contribution in [0.3, 0.4) is 0 Å². The number of nitrogens with zero attached hydrogens (tertiary/aromatic N) is 1. The monoisotopic (exact) mass is 467 g/mol. The van der Waals surface area contributed by atoms with Gasteiger partial charge in [0.25, 0.3) is 0 Å². The number of rotatable bonds is 6. The molecule has 0 aliphatic carbocycles. The molecule has 2 N–H and O–H groups in total. The second-order valence-electron chi connectivity index (χ2n) is 4.11. The summed E-state index contributed by atoms with van der Waals surface area (Å²) in [5, 5.41) is 6.43. The molecule has 1 rings (SSSR count). The van der Waals surface area contributed by atoms with Crippen LogP contribution in [0, 0.1) is 0 Å². The maximum Gasteiger partial charge on any atom is 0.387 e. The maximum atomic E-state index is 12.4. The van der Waals surface area contributed by atoms with Gasteiger partial charge in [0.05, 0.1) is 5.02 Å². The lowest BCUT2D eigenvalue weighted by atomic mass is 10.2. The second kappa shape index (κ2) is 11.1. The summed E-state index contributed by atoms with van der Waals surface area (Å²) >= 11 is 11.8. The molecule has 0 aliphatic rings. The molecule has 0 bridgehead atoms. The van der Waals surface area contributed by atoms with Crippen LogP contribution in [0.25, 0.3) is 0 Å². The number of hydrogen-bond acceptors (Lipinski definition) is 2. The minimum atomic E-state index is -2.96. The lowest BCUT2D eigenvalue weighted by Crippen LogP contribution is -2.37. The third-order valence-corrected chi connectivity index (χ3v) is 3.00. The lowest BCUT2D eigenvalue weighted by Gasteiger charge is -2.15. The Bertz CT molecular complexity index is 504. The molecule has 0 aliphatic heterocycles. The van der Waals surface area contributed by atoms with Crippen LogP contribution >= 0.6 is 47.2 Å². The highest BCUT2D eigenvalue weighted by Gasteiger charge is 2.15. The molecule has 0 amide bonds. The van der Waals surface area contributed by atoms with E-state index in [0.717, 1.165) is 13.0 Å². The molecular weight excluding hydrogens is 450 g/mol. The van der Waals surface area contributed by atoms with Crippen molar-refractivity contribution in [3.05, 3.63) is 27.7 Å². The zero-order chi connectivity index (χ0) is 15.8. The van der Waals surface area contributed by atoms with E-state index in [9.17, 15) is 8.78 Å². The van der Waals surface area contributed by atoms with Gasteiger partial charge >= 0.3 is 6.61 Å². The van der Waals surface area contributed by atoms with Crippen molar-refractivity contribution < 1.29 is 13.5 Å². The predicted molar refractivity (Wildman–Crippen MR) is 97.0 cm³/mol. The van der Waals surface area contributed by atoms with Crippen molar-refractivity contribution in [2.75, 3.05) is 13.6 Å². The molecule has 4 nitrogen and oxygen atoms in total. The number of halogens is 5. The van der Waals surface area contributed by atoms with Crippen LogP contribution < -0.4 is 15.4 Å². The molecule has 0 fully saturated rings. The second-order valence-corrected chi connectivity index (χ2v) is 4.95. The van der Waals surface area contributed by atoms with Crippen LogP contribution in [-0.2, 0) is 6.54 Å². The van der Waals surface area contributed by atoms with E-state index in [2.05, 4.69) is 20.4 Å². The van der Waals surface area contributed by atoms with Crippen LogP contribution in [0.15, 0.2) is 17.1 Å². The minimum absolute atomic E-state index is 0. The van der Waals surface area contributed by atoms with Crippen LogP contribution in [0.5, 0.6) is 5.75 Å². The lowest BCUT2D eigenvalue weighted by molar-refractivity contribution is -0.0504. The Labute approximate surface area is 155 Å². The molecule has 0 unspecified atom stereocenters. The highest BCUT2D eigenvalue weighted by atomic mass is 127. The summed E-state index contributed by atoms with van der Waals surface area (Å²) in [5.74, 6) is 0.463. The first kappa shape index (κ1) is 21.5. The van der Waals surface area contributed by atoms with E-state index < -0.39 is 6.61 Å². The Morgan fingerprint density at radius 3 is 2.55 bits per heavy atom. The van der Waals surface area contributed by atoms with Crippen molar-refractivity contribution >= 4 is 53.1 Å². The molecular formula is C13H18Cl2F2IN3O. The quantitative estimate of drug-likeness (QED) is 0.372. The van der Waals surface area contributed by atoms with Gasteiger partial charge in [-0.25, -0.2) is 0 Å². The van der Waals surface area contributed by atoms with E-state index in [1.54, 1.807) is 7.05 Å². The van der Waals surface area contributed by atoms with Gasteiger partial charge < -0.3 is 15.4 Å². The fourth-order valence-corrected chi connectivity index (χ4v) is 2.19. The van der Waals surface area contributed by atoms with Crippen molar-refractivity contribution in [1.82, 2.24) is 10.6 Å². The number of alkyl halides is 2. The molecule has 0 saturated carbocycles. The van der Waals surface area contributed by atoms with Gasteiger partial charge in [-0.15, -0.1) is 24.0 Å². The van der Waals surface area contributed by atoms with E-state index in [0.29, 0.717) is 16.5 Å². The number of benzene rings is 1. The minimum Gasteiger partial charge on any atom is -0.433 e. The number of guanidine groups is 1. The van der Waals surface area contributed by atoms with Gasteiger partial charge in [0.1, 0.15) is 5.75 Å². The van der Waals surface area contributed by atoms with Gasteiger partial charge in [-0.1, -0.05) is 30.1 Å². The van der Waals surface area contributed by atoms with Gasteiger partial charge in [0.2, 0.25) is 0 Å². The summed E-state index contributed by atoms with van der Waals surface area (Å²) in [5.41, 5.74) is 0.423. The third-order valence-electron chi connectivity index (χ3n) is 2.50. The summed E-state index contributed by atoms with van der Waals surface area (Å²) in [7, 11) is 1.62. The molecule has 126 valence electrons. The molecule has 0 atom stereocenters. The van der Waals surface area contributed by atoms with Crippen LogP contribution in [0.1, 0.15) is 18.9 Å². The Hall–Kier alpha value is -0.540. The summed E-state index contributed by atoms with van der Waals surface area (Å²) in [6, 6.07) is 2.87. The van der Waals surface area contributed by atoms with E-state index in [1.807, 2.05) is 6.92 Å². The van der Waals surface area contributed by atoms with Crippen molar-refractivity contribution in [2.45, 2.75) is 26.5 Å². The van der Waals surface area contributed by atoms with Gasteiger partial charge in [0, 0.05) is 30.7 Å². The van der Waals surface area contributed by atoms with Gasteiger partial charge in [0.15, 0.2) is 5.96 Å². The first-order valence-electron chi connectivity index (χ1n) is 6.35. The van der Waals surface area contributed by atoms with Crippen molar-refractivity contribution in [3.63, 3.8) is 0 Å².